The van der Waals surface area contributed by atoms with Crippen LogP contribution in [0.4, 0.5) is 4.79 Å². The van der Waals surface area contributed by atoms with Gasteiger partial charge in [0.15, 0.2) is 0 Å². The molecule has 0 saturated carbocycles. The van der Waals surface area contributed by atoms with E-state index >= 15 is 0 Å². The van der Waals surface area contributed by atoms with Gasteiger partial charge in [0, 0.05) is 6.42 Å². The van der Waals surface area contributed by atoms with E-state index in [1.807, 2.05) is 43.3 Å². The van der Waals surface area contributed by atoms with Crippen LogP contribution in [0.2, 0.25) is 0 Å². The van der Waals surface area contributed by atoms with Crippen LogP contribution in [0.3, 0.4) is 0 Å². The average molecular weight is 247 g/mol. The molecule has 0 saturated heterocycles. The minimum Gasteiger partial charge on any atom is -0.498 e. The first-order chi connectivity index (χ1) is 8.74. The molecule has 1 heterocycles. The maximum absolute atomic E-state index is 11.6. The molecule has 0 aromatic heterocycles. The van der Waals surface area contributed by atoms with E-state index in [4.69, 9.17) is 9.47 Å². The number of hydrogen-bond acceptors (Lipinski definition) is 3. The standard InChI is InChI=1S/C14H17NO3/c1-11-9-13(7-8-17-11)15-14(16)18-10-12-5-3-2-4-6-12/h2-8,11,13H,9-10H2,1H3,(H,15,16)/t11-,13+/m0/s1. The molecule has 1 N–H and O–H groups in total. The van der Waals surface area contributed by atoms with Crippen LogP contribution >= 0.6 is 0 Å². The molecule has 0 bridgehead atoms. The number of rotatable bonds is 3. The average Bonchev–Trinajstić information content (AvgIpc) is 2.38. The number of nitrogens with one attached hydrogen (secondary N) is 1. The maximum Gasteiger partial charge on any atom is 0.407 e. The molecule has 1 aliphatic rings. The number of ether oxygens (including phenoxy) is 2. The van der Waals surface area contributed by atoms with Gasteiger partial charge in [-0.05, 0) is 18.6 Å². The molecule has 2 rings (SSSR count). The van der Waals surface area contributed by atoms with E-state index in [9.17, 15) is 4.79 Å². The highest BCUT2D eigenvalue weighted by atomic mass is 16.5. The summed E-state index contributed by atoms with van der Waals surface area (Å²) in [5.41, 5.74) is 0.975. The van der Waals surface area contributed by atoms with Crippen LogP contribution in [-0.2, 0) is 16.1 Å². The highest BCUT2D eigenvalue weighted by Crippen LogP contribution is 2.10. The summed E-state index contributed by atoms with van der Waals surface area (Å²) in [5, 5.41) is 2.79. The minimum absolute atomic E-state index is 0.0166. The Morgan fingerprint density at radius 2 is 2.22 bits per heavy atom. The second kappa shape index (κ2) is 6.10. The Morgan fingerprint density at radius 1 is 1.44 bits per heavy atom. The topological polar surface area (TPSA) is 47.6 Å². The van der Waals surface area contributed by atoms with Gasteiger partial charge in [0.05, 0.1) is 18.4 Å². The Kier molecular flexibility index (Phi) is 4.23. The molecule has 96 valence electrons. The van der Waals surface area contributed by atoms with Crippen LogP contribution in [-0.4, -0.2) is 18.2 Å². The fourth-order valence-corrected chi connectivity index (χ4v) is 1.79. The quantitative estimate of drug-likeness (QED) is 0.893. The van der Waals surface area contributed by atoms with Gasteiger partial charge >= 0.3 is 6.09 Å². The van der Waals surface area contributed by atoms with Gasteiger partial charge in [-0.25, -0.2) is 4.79 Å². The smallest absolute Gasteiger partial charge is 0.407 e. The van der Waals surface area contributed by atoms with Crippen molar-refractivity contribution in [1.29, 1.82) is 0 Å². The molecule has 18 heavy (non-hydrogen) atoms. The molecule has 0 fully saturated rings. The Bertz CT molecular complexity index is 416. The van der Waals surface area contributed by atoms with Crippen molar-refractivity contribution in [3.05, 3.63) is 48.2 Å². The van der Waals surface area contributed by atoms with E-state index in [-0.39, 0.29) is 18.8 Å². The summed E-state index contributed by atoms with van der Waals surface area (Å²) in [7, 11) is 0. The molecule has 1 aromatic rings. The zero-order valence-corrected chi connectivity index (χ0v) is 10.3. The van der Waals surface area contributed by atoms with Crippen molar-refractivity contribution in [1.82, 2.24) is 5.32 Å². The lowest BCUT2D eigenvalue weighted by Gasteiger charge is -2.23. The van der Waals surface area contributed by atoms with Crippen LogP contribution in [0.5, 0.6) is 0 Å². The van der Waals surface area contributed by atoms with Gasteiger partial charge in [-0.15, -0.1) is 0 Å². The maximum atomic E-state index is 11.6. The second-order valence-corrected chi connectivity index (χ2v) is 4.32. The van der Waals surface area contributed by atoms with Crippen molar-refractivity contribution in [2.24, 2.45) is 0 Å². The second-order valence-electron chi connectivity index (χ2n) is 4.32. The van der Waals surface area contributed by atoms with E-state index in [1.165, 1.54) is 0 Å². The van der Waals surface area contributed by atoms with Crippen molar-refractivity contribution in [3.63, 3.8) is 0 Å². The van der Waals surface area contributed by atoms with Gasteiger partial charge in [-0.3, -0.25) is 0 Å². The van der Waals surface area contributed by atoms with Crippen molar-refractivity contribution in [2.75, 3.05) is 0 Å². The Balaban J connectivity index is 1.75. The molecule has 0 spiro atoms. The molecule has 4 nitrogen and oxygen atoms in total. The summed E-state index contributed by atoms with van der Waals surface area (Å²) >= 11 is 0. The van der Waals surface area contributed by atoms with E-state index in [2.05, 4.69) is 5.32 Å². The van der Waals surface area contributed by atoms with Gasteiger partial charge in [-0.1, -0.05) is 30.3 Å². The third-order valence-corrected chi connectivity index (χ3v) is 2.72. The summed E-state index contributed by atoms with van der Waals surface area (Å²) in [6.45, 7) is 2.25. The highest BCUT2D eigenvalue weighted by molar-refractivity contribution is 5.67. The van der Waals surface area contributed by atoms with Crippen LogP contribution in [0.25, 0.3) is 0 Å². The van der Waals surface area contributed by atoms with Crippen LogP contribution < -0.4 is 5.32 Å². The lowest BCUT2D eigenvalue weighted by Crippen LogP contribution is -2.37. The van der Waals surface area contributed by atoms with Crippen LogP contribution in [0.15, 0.2) is 42.7 Å². The highest BCUT2D eigenvalue weighted by Gasteiger charge is 2.17. The Labute approximate surface area is 107 Å². The number of amides is 1. The predicted octanol–water partition coefficient (Wildman–Crippen LogP) is 2.60. The first-order valence-electron chi connectivity index (χ1n) is 6.03. The molecule has 0 radical (unpaired) electrons. The summed E-state index contributed by atoms with van der Waals surface area (Å²) in [6, 6.07) is 9.58. The van der Waals surface area contributed by atoms with Gasteiger partial charge < -0.3 is 14.8 Å². The van der Waals surface area contributed by atoms with E-state index < -0.39 is 6.09 Å². The van der Waals surface area contributed by atoms with Crippen molar-refractivity contribution in [3.8, 4) is 0 Å². The van der Waals surface area contributed by atoms with Gasteiger partial charge in [-0.2, -0.15) is 0 Å². The Hall–Kier alpha value is -1.97. The first kappa shape index (κ1) is 12.5. The normalized spacial score (nSPS) is 22.1. The number of benzene rings is 1. The van der Waals surface area contributed by atoms with Crippen molar-refractivity contribution < 1.29 is 14.3 Å². The molecule has 1 amide bonds. The summed E-state index contributed by atoms with van der Waals surface area (Å²) in [4.78, 5) is 11.6. The van der Waals surface area contributed by atoms with Crippen LogP contribution in [0.1, 0.15) is 18.9 Å². The fourth-order valence-electron chi connectivity index (χ4n) is 1.79. The van der Waals surface area contributed by atoms with Gasteiger partial charge in [0.1, 0.15) is 6.61 Å². The summed E-state index contributed by atoms with van der Waals surface area (Å²) in [6.07, 6.45) is 3.92. The third kappa shape index (κ3) is 3.80. The minimum atomic E-state index is -0.400. The van der Waals surface area contributed by atoms with Gasteiger partial charge in [0.2, 0.25) is 0 Å². The molecule has 4 heteroatoms. The molecule has 1 aromatic carbocycles. The van der Waals surface area contributed by atoms with E-state index in [1.54, 1.807) is 6.26 Å². The Morgan fingerprint density at radius 3 is 2.94 bits per heavy atom. The predicted molar refractivity (Wildman–Crippen MR) is 67.9 cm³/mol. The third-order valence-electron chi connectivity index (χ3n) is 2.72. The summed E-state index contributed by atoms with van der Waals surface area (Å²) in [5.74, 6) is 0. The zero-order chi connectivity index (χ0) is 12.8. The molecule has 2 atom stereocenters. The van der Waals surface area contributed by atoms with Crippen LogP contribution in [0, 0.1) is 0 Å². The number of carbonyl (C=O) groups excluding carboxylic acids is 1. The van der Waals surface area contributed by atoms with E-state index in [0.29, 0.717) is 0 Å². The lowest BCUT2D eigenvalue weighted by molar-refractivity contribution is 0.114. The number of carbonyl (C=O) groups is 1. The molecule has 0 aliphatic carbocycles. The lowest BCUT2D eigenvalue weighted by atomic mass is 10.1. The first-order valence-corrected chi connectivity index (χ1v) is 6.03. The number of alkyl carbamates (subject to hydrolysis) is 1. The molecule has 0 unspecified atom stereocenters. The van der Waals surface area contributed by atoms with E-state index in [0.717, 1.165) is 12.0 Å². The molecule has 1 aliphatic heterocycles. The summed E-state index contributed by atoms with van der Waals surface area (Å²) < 4.78 is 10.4. The largest absolute Gasteiger partial charge is 0.498 e. The monoisotopic (exact) mass is 247 g/mol. The SMILES string of the molecule is C[C@H]1C[C@H](NC(=O)OCc2ccccc2)C=CO1. The number of hydrogen-bond donors (Lipinski definition) is 1. The molecular formula is C14H17NO3. The zero-order valence-electron chi connectivity index (χ0n) is 10.3. The fraction of sp³-hybridized carbons (Fsp3) is 0.357. The molecular weight excluding hydrogens is 230 g/mol. The van der Waals surface area contributed by atoms with Gasteiger partial charge in [0.25, 0.3) is 0 Å². The van der Waals surface area contributed by atoms with Crippen molar-refractivity contribution in [2.45, 2.75) is 32.1 Å². The van der Waals surface area contributed by atoms with Crippen molar-refractivity contribution >= 4 is 6.09 Å².